The summed E-state index contributed by atoms with van der Waals surface area (Å²) in [5.74, 6) is 1.49. The van der Waals surface area contributed by atoms with Gasteiger partial charge in [-0.15, -0.1) is 0 Å². The minimum absolute atomic E-state index is 0.697. The lowest BCUT2D eigenvalue weighted by molar-refractivity contribution is 0.507. The fourth-order valence-corrected chi connectivity index (χ4v) is 1.89. The topological polar surface area (TPSA) is 0 Å². The molecule has 0 bridgehead atoms. The van der Waals surface area contributed by atoms with Crippen molar-refractivity contribution in [2.75, 3.05) is 0 Å². The molecule has 0 aromatic rings. The van der Waals surface area contributed by atoms with E-state index in [0.717, 1.165) is 5.92 Å². The summed E-state index contributed by atoms with van der Waals surface area (Å²) < 4.78 is 0. The van der Waals surface area contributed by atoms with Crippen LogP contribution in [0, 0.1) is 11.8 Å². The molecule has 2 aliphatic carbocycles. The third-order valence-electron chi connectivity index (χ3n) is 2.56. The lowest BCUT2D eigenvalue weighted by Crippen LogP contribution is -2.08. The zero-order valence-electron chi connectivity index (χ0n) is 6.74. The zero-order valence-corrected chi connectivity index (χ0v) is 6.74. The van der Waals surface area contributed by atoms with Gasteiger partial charge in [0.15, 0.2) is 0 Å². The Morgan fingerprint density at radius 2 is 1.91 bits per heavy atom. The average Bonchev–Trinajstić information content (AvgIpc) is 2.28. The first-order chi connectivity index (χ1) is 5.47. The van der Waals surface area contributed by atoms with Crippen molar-refractivity contribution in [2.24, 2.45) is 11.8 Å². The van der Waals surface area contributed by atoms with Crippen molar-refractivity contribution >= 4 is 0 Å². The largest absolute Gasteiger partial charge is 0.0879 e. The average molecular weight is 146 g/mol. The van der Waals surface area contributed by atoms with Crippen LogP contribution in [0.2, 0.25) is 0 Å². The van der Waals surface area contributed by atoms with Gasteiger partial charge in [0.2, 0.25) is 0 Å². The highest BCUT2D eigenvalue weighted by atomic mass is 14.2. The maximum absolute atomic E-state index is 2.36. The monoisotopic (exact) mass is 146 g/mol. The van der Waals surface area contributed by atoms with Gasteiger partial charge in [-0.1, -0.05) is 36.5 Å². The molecule has 0 heterocycles. The molecular weight excluding hydrogens is 132 g/mol. The van der Waals surface area contributed by atoms with Crippen molar-refractivity contribution < 1.29 is 0 Å². The maximum atomic E-state index is 2.36. The number of rotatable bonds is 0. The summed E-state index contributed by atoms with van der Waals surface area (Å²) in [6.07, 6.45) is 17.7. The van der Waals surface area contributed by atoms with E-state index in [2.05, 4.69) is 36.5 Å². The lowest BCUT2D eigenvalue weighted by Gasteiger charge is -2.18. The van der Waals surface area contributed by atoms with Gasteiger partial charge >= 0.3 is 0 Å². The van der Waals surface area contributed by atoms with Gasteiger partial charge in [0, 0.05) is 5.92 Å². The predicted molar refractivity (Wildman–Crippen MR) is 48.3 cm³/mol. The van der Waals surface area contributed by atoms with Crippen molar-refractivity contribution in [1.29, 1.82) is 0 Å². The van der Waals surface area contributed by atoms with Gasteiger partial charge in [-0.05, 0) is 25.2 Å². The molecule has 2 aliphatic rings. The molecule has 0 saturated heterocycles. The molecule has 0 aromatic heterocycles. The normalized spacial score (nSPS) is 34.9. The summed E-state index contributed by atoms with van der Waals surface area (Å²) in [6, 6.07) is 0. The Morgan fingerprint density at radius 1 is 1.00 bits per heavy atom. The molecule has 11 heavy (non-hydrogen) atoms. The highest BCUT2D eigenvalue weighted by molar-refractivity contribution is 5.19. The smallest absolute Gasteiger partial charge is 0.00126 e. The zero-order chi connectivity index (χ0) is 7.52. The molecule has 0 amide bonds. The number of hydrogen-bond acceptors (Lipinski definition) is 0. The molecule has 0 nitrogen and oxygen atoms in total. The van der Waals surface area contributed by atoms with Crippen LogP contribution in [0.5, 0.6) is 0 Å². The second-order valence-electron chi connectivity index (χ2n) is 3.37. The quantitative estimate of drug-likeness (QED) is 0.461. The second kappa shape index (κ2) is 3.08. The summed E-state index contributed by atoms with van der Waals surface area (Å²) >= 11 is 0. The van der Waals surface area contributed by atoms with E-state index in [4.69, 9.17) is 0 Å². The molecule has 0 N–H and O–H groups in total. The van der Waals surface area contributed by atoms with Gasteiger partial charge in [0.25, 0.3) is 0 Å². The van der Waals surface area contributed by atoms with Gasteiger partial charge < -0.3 is 0 Å². The van der Waals surface area contributed by atoms with E-state index < -0.39 is 0 Å². The molecule has 2 rings (SSSR count). The third-order valence-corrected chi connectivity index (χ3v) is 2.56. The van der Waals surface area contributed by atoms with Crippen LogP contribution in [-0.4, -0.2) is 0 Å². The highest BCUT2D eigenvalue weighted by Gasteiger charge is 2.16. The van der Waals surface area contributed by atoms with Crippen LogP contribution in [0.4, 0.5) is 0 Å². The van der Waals surface area contributed by atoms with E-state index in [9.17, 15) is 0 Å². The Bertz CT molecular complexity index is 208. The Labute approximate surface area is 68.3 Å². The molecule has 58 valence electrons. The summed E-state index contributed by atoms with van der Waals surface area (Å²) in [5.41, 5.74) is 0. The van der Waals surface area contributed by atoms with Gasteiger partial charge in [0.1, 0.15) is 0 Å². The van der Waals surface area contributed by atoms with Crippen LogP contribution in [-0.2, 0) is 0 Å². The van der Waals surface area contributed by atoms with E-state index in [1.54, 1.807) is 0 Å². The molecule has 0 fully saturated rings. The van der Waals surface area contributed by atoms with Gasteiger partial charge in [-0.25, -0.2) is 0 Å². The molecule has 2 unspecified atom stereocenters. The van der Waals surface area contributed by atoms with Crippen LogP contribution in [0.15, 0.2) is 36.5 Å². The van der Waals surface area contributed by atoms with Crippen LogP contribution in [0.3, 0.4) is 0 Å². The summed E-state index contributed by atoms with van der Waals surface area (Å²) in [7, 11) is 0. The van der Waals surface area contributed by atoms with Crippen molar-refractivity contribution in [3.63, 3.8) is 0 Å². The van der Waals surface area contributed by atoms with Crippen molar-refractivity contribution in [2.45, 2.75) is 19.3 Å². The van der Waals surface area contributed by atoms with Gasteiger partial charge in [0.05, 0.1) is 0 Å². The van der Waals surface area contributed by atoms with Gasteiger partial charge in [-0.3, -0.25) is 0 Å². The van der Waals surface area contributed by atoms with E-state index in [-0.39, 0.29) is 0 Å². The van der Waals surface area contributed by atoms with Crippen LogP contribution in [0.1, 0.15) is 19.3 Å². The molecule has 0 spiro atoms. The molecule has 0 aliphatic heterocycles. The minimum atomic E-state index is 0.697. The third kappa shape index (κ3) is 1.45. The van der Waals surface area contributed by atoms with Gasteiger partial charge in [-0.2, -0.15) is 0 Å². The molecule has 0 heteroatoms. The van der Waals surface area contributed by atoms with Crippen molar-refractivity contribution in [1.82, 2.24) is 0 Å². The van der Waals surface area contributed by atoms with Crippen LogP contribution < -0.4 is 0 Å². The van der Waals surface area contributed by atoms with Crippen molar-refractivity contribution in [3.05, 3.63) is 36.5 Å². The number of allylic oxidation sites excluding steroid dienone is 6. The summed E-state index contributed by atoms with van der Waals surface area (Å²) in [5, 5.41) is 0. The molecule has 2 atom stereocenters. The first kappa shape index (κ1) is 6.90. The van der Waals surface area contributed by atoms with Crippen LogP contribution >= 0.6 is 0 Å². The minimum Gasteiger partial charge on any atom is -0.0879 e. The van der Waals surface area contributed by atoms with E-state index in [1.807, 2.05) is 0 Å². The first-order valence-electron chi connectivity index (χ1n) is 4.48. The summed E-state index contributed by atoms with van der Waals surface area (Å²) in [4.78, 5) is 0. The SMILES string of the molecule is C1=CC2C=CCCCC2C=C1. The van der Waals surface area contributed by atoms with Crippen LogP contribution in [0.25, 0.3) is 0 Å². The van der Waals surface area contributed by atoms with E-state index in [1.165, 1.54) is 19.3 Å². The van der Waals surface area contributed by atoms with E-state index in [0.29, 0.717) is 5.92 Å². The number of hydrogen-bond donors (Lipinski definition) is 0. The lowest BCUT2D eigenvalue weighted by atomic mass is 9.86. The fraction of sp³-hybridized carbons (Fsp3) is 0.455. The standard InChI is InChI=1S/C11H14/c1-2-6-10-8-4-5-9-11(10)7-3-1/h2,4-6,8-11H,1,3,7H2. The Morgan fingerprint density at radius 3 is 2.91 bits per heavy atom. The van der Waals surface area contributed by atoms with E-state index >= 15 is 0 Å². The fourth-order valence-electron chi connectivity index (χ4n) is 1.89. The molecular formula is C11H14. The Balaban J connectivity index is 2.16. The Kier molecular flexibility index (Phi) is 1.93. The molecule has 0 aromatic carbocycles. The Hall–Kier alpha value is -0.780. The number of fused-ring (bicyclic) bond motifs is 1. The summed E-state index contributed by atoms with van der Waals surface area (Å²) in [6.45, 7) is 0. The first-order valence-corrected chi connectivity index (χ1v) is 4.48. The molecule has 0 radical (unpaired) electrons. The second-order valence-corrected chi connectivity index (χ2v) is 3.37. The van der Waals surface area contributed by atoms with Crippen molar-refractivity contribution in [3.8, 4) is 0 Å². The predicted octanol–water partition coefficient (Wildman–Crippen LogP) is 3.08. The highest BCUT2D eigenvalue weighted by Crippen LogP contribution is 2.28. The maximum Gasteiger partial charge on any atom is 0.00126 e. The molecule has 0 saturated carbocycles.